The number of benzene rings is 1. The summed E-state index contributed by atoms with van der Waals surface area (Å²) in [5.74, 6) is 0.264. The van der Waals surface area contributed by atoms with Crippen LogP contribution in [0.5, 0.6) is 0 Å². The highest BCUT2D eigenvalue weighted by Crippen LogP contribution is 2.24. The van der Waals surface area contributed by atoms with Crippen LogP contribution in [0.15, 0.2) is 24.3 Å². The third-order valence-electron chi connectivity index (χ3n) is 3.75. The van der Waals surface area contributed by atoms with Crippen LogP contribution in [-0.2, 0) is 4.79 Å². The Morgan fingerprint density at radius 3 is 2.74 bits per heavy atom. The molecule has 1 aliphatic carbocycles. The largest absolute Gasteiger partial charge is 0.396 e. The summed E-state index contributed by atoms with van der Waals surface area (Å²) in [5, 5.41) is 15.3. The maximum atomic E-state index is 11.8. The summed E-state index contributed by atoms with van der Waals surface area (Å²) >= 11 is 0. The highest BCUT2D eigenvalue weighted by atomic mass is 16.3. The van der Waals surface area contributed by atoms with Gasteiger partial charge in [0.15, 0.2) is 0 Å². The van der Waals surface area contributed by atoms with E-state index >= 15 is 0 Å². The maximum Gasteiger partial charge on any atom is 0.238 e. The molecule has 1 aromatic rings. The number of carbonyl (C=O) groups excluding carboxylic acids is 1. The summed E-state index contributed by atoms with van der Waals surface area (Å²) in [6, 6.07) is 8.02. The van der Waals surface area contributed by atoms with Crippen LogP contribution >= 0.6 is 0 Å². The highest BCUT2D eigenvalue weighted by Gasteiger charge is 2.26. The van der Waals surface area contributed by atoms with Crippen LogP contribution in [0, 0.1) is 12.8 Å². The Labute approximate surface area is 114 Å². The Hall–Kier alpha value is -1.39. The minimum Gasteiger partial charge on any atom is -0.396 e. The van der Waals surface area contributed by atoms with E-state index in [0.717, 1.165) is 24.9 Å². The Morgan fingerprint density at radius 1 is 1.32 bits per heavy atom. The van der Waals surface area contributed by atoms with Crippen molar-refractivity contribution < 1.29 is 9.90 Å². The summed E-state index contributed by atoms with van der Waals surface area (Å²) in [5.41, 5.74) is 2.00. The molecule has 1 saturated carbocycles. The molecule has 4 nitrogen and oxygen atoms in total. The van der Waals surface area contributed by atoms with Crippen molar-refractivity contribution in [1.82, 2.24) is 5.32 Å². The van der Waals surface area contributed by atoms with Crippen LogP contribution < -0.4 is 10.6 Å². The summed E-state index contributed by atoms with van der Waals surface area (Å²) in [6.07, 6.45) is 3.22. The molecule has 0 heterocycles. The number of amides is 1. The molecule has 0 radical (unpaired) electrons. The van der Waals surface area contributed by atoms with Gasteiger partial charge in [-0.1, -0.05) is 24.1 Å². The van der Waals surface area contributed by atoms with Crippen molar-refractivity contribution >= 4 is 11.6 Å². The number of aliphatic hydroxyl groups excluding tert-OH is 1. The fourth-order valence-corrected chi connectivity index (χ4v) is 2.59. The smallest absolute Gasteiger partial charge is 0.238 e. The highest BCUT2D eigenvalue weighted by molar-refractivity contribution is 5.92. The molecule has 2 atom stereocenters. The zero-order valence-electron chi connectivity index (χ0n) is 11.4. The van der Waals surface area contributed by atoms with E-state index in [1.54, 1.807) is 0 Å². The predicted octanol–water partition coefficient (Wildman–Crippen LogP) is 1.68. The van der Waals surface area contributed by atoms with Gasteiger partial charge in [0.25, 0.3) is 0 Å². The standard InChI is InChI=1S/C15H22N2O2/c1-11-5-7-13(8-6-11)17-15(19)9-16-14-4-2-3-12(14)10-18/h5-8,12,14,16,18H,2-4,9-10H2,1H3,(H,17,19). The molecule has 0 aliphatic heterocycles. The van der Waals surface area contributed by atoms with Crippen molar-refractivity contribution in [1.29, 1.82) is 0 Å². The molecular weight excluding hydrogens is 240 g/mol. The van der Waals surface area contributed by atoms with Gasteiger partial charge in [0.05, 0.1) is 6.54 Å². The first-order valence-corrected chi connectivity index (χ1v) is 6.90. The molecule has 104 valence electrons. The van der Waals surface area contributed by atoms with Crippen LogP contribution in [0.25, 0.3) is 0 Å². The van der Waals surface area contributed by atoms with Crippen molar-refractivity contribution in [3.8, 4) is 0 Å². The minimum atomic E-state index is -0.0348. The van der Waals surface area contributed by atoms with E-state index in [0.29, 0.717) is 12.5 Å². The van der Waals surface area contributed by atoms with Gasteiger partial charge in [-0.15, -0.1) is 0 Å². The average Bonchev–Trinajstić information content (AvgIpc) is 2.86. The normalized spacial score (nSPS) is 22.4. The van der Waals surface area contributed by atoms with E-state index in [1.165, 1.54) is 5.56 Å². The predicted molar refractivity (Wildman–Crippen MR) is 76.0 cm³/mol. The zero-order valence-corrected chi connectivity index (χ0v) is 11.4. The number of rotatable bonds is 5. The van der Waals surface area contributed by atoms with E-state index < -0.39 is 0 Å². The molecule has 2 rings (SSSR count). The first-order valence-electron chi connectivity index (χ1n) is 6.90. The first kappa shape index (κ1) is 14.0. The van der Waals surface area contributed by atoms with Gasteiger partial charge >= 0.3 is 0 Å². The number of aliphatic hydroxyl groups is 1. The average molecular weight is 262 g/mol. The number of carbonyl (C=O) groups is 1. The van der Waals surface area contributed by atoms with E-state index in [-0.39, 0.29) is 18.6 Å². The summed E-state index contributed by atoms with van der Waals surface area (Å²) in [6.45, 7) is 2.52. The fraction of sp³-hybridized carbons (Fsp3) is 0.533. The number of nitrogens with one attached hydrogen (secondary N) is 2. The van der Waals surface area contributed by atoms with Crippen molar-refractivity contribution in [3.05, 3.63) is 29.8 Å². The maximum absolute atomic E-state index is 11.8. The van der Waals surface area contributed by atoms with E-state index in [9.17, 15) is 9.90 Å². The summed E-state index contributed by atoms with van der Waals surface area (Å²) in [4.78, 5) is 11.8. The first-order chi connectivity index (χ1) is 9.19. The number of anilines is 1. The molecule has 4 heteroatoms. The minimum absolute atomic E-state index is 0.0348. The van der Waals surface area contributed by atoms with Gasteiger partial charge in [0, 0.05) is 18.3 Å². The second-order valence-corrected chi connectivity index (χ2v) is 5.28. The molecule has 19 heavy (non-hydrogen) atoms. The van der Waals surface area contributed by atoms with Crippen molar-refractivity contribution in [2.24, 2.45) is 5.92 Å². The second-order valence-electron chi connectivity index (χ2n) is 5.28. The Morgan fingerprint density at radius 2 is 2.05 bits per heavy atom. The molecular formula is C15H22N2O2. The van der Waals surface area contributed by atoms with Gasteiger partial charge in [0.2, 0.25) is 5.91 Å². The molecule has 3 N–H and O–H groups in total. The zero-order chi connectivity index (χ0) is 13.7. The van der Waals surface area contributed by atoms with E-state index in [4.69, 9.17) is 0 Å². The molecule has 1 aliphatic rings. The monoisotopic (exact) mass is 262 g/mol. The third kappa shape index (κ3) is 4.04. The Bertz CT molecular complexity index is 417. The third-order valence-corrected chi connectivity index (χ3v) is 3.75. The van der Waals surface area contributed by atoms with Gasteiger partial charge in [0.1, 0.15) is 0 Å². The SMILES string of the molecule is Cc1ccc(NC(=O)CNC2CCCC2CO)cc1. The molecule has 0 spiro atoms. The fourth-order valence-electron chi connectivity index (χ4n) is 2.59. The van der Waals surface area contributed by atoms with Crippen LogP contribution in [-0.4, -0.2) is 30.2 Å². The van der Waals surface area contributed by atoms with E-state index in [2.05, 4.69) is 10.6 Å². The molecule has 0 aromatic heterocycles. The molecule has 0 saturated heterocycles. The van der Waals surface area contributed by atoms with Crippen LogP contribution in [0.2, 0.25) is 0 Å². The van der Waals surface area contributed by atoms with Crippen LogP contribution in [0.4, 0.5) is 5.69 Å². The van der Waals surface area contributed by atoms with Crippen molar-refractivity contribution in [2.75, 3.05) is 18.5 Å². The van der Waals surface area contributed by atoms with Gasteiger partial charge in [-0.05, 0) is 37.8 Å². The lowest BCUT2D eigenvalue weighted by molar-refractivity contribution is -0.115. The lowest BCUT2D eigenvalue weighted by Crippen LogP contribution is -2.39. The lowest BCUT2D eigenvalue weighted by atomic mass is 10.1. The lowest BCUT2D eigenvalue weighted by Gasteiger charge is -2.18. The molecule has 1 aromatic carbocycles. The number of hydrogen-bond acceptors (Lipinski definition) is 3. The summed E-state index contributed by atoms with van der Waals surface area (Å²) < 4.78 is 0. The van der Waals surface area contributed by atoms with Crippen LogP contribution in [0.1, 0.15) is 24.8 Å². The van der Waals surface area contributed by atoms with Crippen LogP contribution in [0.3, 0.4) is 0 Å². The molecule has 1 fully saturated rings. The number of aryl methyl sites for hydroxylation is 1. The van der Waals surface area contributed by atoms with Crippen molar-refractivity contribution in [2.45, 2.75) is 32.2 Å². The van der Waals surface area contributed by atoms with Crippen molar-refractivity contribution in [3.63, 3.8) is 0 Å². The molecule has 0 bridgehead atoms. The van der Waals surface area contributed by atoms with Gasteiger partial charge in [-0.3, -0.25) is 4.79 Å². The van der Waals surface area contributed by atoms with Gasteiger partial charge in [-0.25, -0.2) is 0 Å². The second kappa shape index (κ2) is 6.68. The molecule has 2 unspecified atom stereocenters. The summed E-state index contributed by atoms with van der Waals surface area (Å²) in [7, 11) is 0. The van der Waals surface area contributed by atoms with Gasteiger partial charge < -0.3 is 15.7 Å². The quantitative estimate of drug-likeness (QED) is 0.756. The number of hydrogen-bond donors (Lipinski definition) is 3. The van der Waals surface area contributed by atoms with Gasteiger partial charge in [-0.2, -0.15) is 0 Å². The van der Waals surface area contributed by atoms with E-state index in [1.807, 2.05) is 31.2 Å². The Kier molecular flexibility index (Phi) is 4.93. The Balaban J connectivity index is 1.77. The molecule has 1 amide bonds. The topological polar surface area (TPSA) is 61.4 Å².